The average Bonchev–Trinajstić information content (AvgIpc) is 2.55. The Morgan fingerprint density at radius 3 is 2.76 bits per heavy atom. The van der Waals surface area contributed by atoms with Crippen molar-refractivity contribution in [3.05, 3.63) is 0 Å². The monoisotopic (exact) mass is 235 g/mol. The standard InChI is InChI=1S/C13H17NO3/c1-5-8-10(13(16)14-12(8)15)6-3-2-4-7-9(6)11(5)17-7/h5-11H,2-4H2,1H3,(H,14,15,16). The fourth-order valence-electron chi connectivity index (χ4n) is 4.77. The summed E-state index contributed by atoms with van der Waals surface area (Å²) in [6.45, 7) is 2.07. The first-order valence-electron chi connectivity index (χ1n) is 6.68. The van der Waals surface area contributed by atoms with Crippen molar-refractivity contribution in [2.45, 2.75) is 38.4 Å². The van der Waals surface area contributed by atoms with Crippen molar-refractivity contribution in [2.75, 3.05) is 0 Å². The number of fused-ring (bicyclic) bond motifs is 2. The van der Waals surface area contributed by atoms with E-state index in [1.165, 1.54) is 0 Å². The van der Waals surface area contributed by atoms with Gasteiger partial charge in [0.25, 0.3) is 0 Å². The Morgan fingerprint density at radius 2 is 1.94 bits per heavy atom. The molecule has 0 spiro atoms. The SMILES string of the molecule is CC1C2OC3CCCC(C4C(=O)NC(=O)C14)C32. The molecule has 1 N–H and O–H groups in total. The number of carbonyl (C=O) groups excluding carboxylic acids is 2. The summed E-state index contributed by atoms with van der Waals surface area (Å²) in [5, 5.41) is 2.53. The molecule has 4 rings (SSSR count). The zero-order valence-electron chi connectivity index (χ0n) is 9.89. The predicted octanol–water partition coefficient (Wildman–Crippen LogP) is 0.709. The highest BCUT2D eigenvalue weighted by Gasteiger charge is 2.64. The van der Waals surface area contributed by atoms with E-state index in [0.29, 0.717) is 17.9 Å². The summed E-state index contributed by atoms with van der Waals surface area (Å²) in [4.78, 5) is 23.8. The van der Waals surface area contributed by atoms with Gasteiger partial charge in [-0.05, 0) is 24.7 Å². The average molecular weight is 235 g/mol. The molecule has 2 aliphatic carbocycles. The van der Waals surface area contributed by atoms with Gasteiger partial charge in [-0.1, -0.05) is 13.3 Å². The van der Waals surface area contributed by atoms with Crippen LogP contribution in [0.2, 0.25) is 0 Å². The minimum absolute atomic E-state index is 0.0251. The van der Waals surface area contributed by atoms with E-state index in [1.807, 2.05) is 0 Å². The predicted molar refractivity (Wildman–Crippen MR) is 58.8 cm³/mol. The normalized spacial score (nSPS) is 55.7. The number of ether oxygens (including phenoxy) is 1. The molecule has 0 aromatic heterocycles. The van der Waals surface area contributed by atoms with Crippen molar-refractivity contribution in [2.24, 2.45) is 29.6 Å². The number of hydrogen-bond donors (Lipinski definition) is 1. The van der Waals surface area contributed by atoms with Gasteiger partial charge >= 0.3 is 0 Å². The summed E-state index contributed by atoms with van der Waals surface area (Å²) in [5.41, 5.74) is 0. The molecule has 7 unspecified atom stereocenters. The van der Waals surface area contributed by atoms with Gasteiger partial charge in [0.2, 0.25) is 11.8 Å². The summed E-state index contributed by atoms with van der Waals surface area (Å²) in [6.07, 6.45) is 3.96. The molecule has 0 bridgehead atoms. The molecule has 4 heteroatoms. The highest BCUT2D eigenvalue weighted by atomic mass is 16.5. The van der Waals surface area contributed by atoms with E-state index in [0.717, 1.165) is 19.3 Å². The van der Waals surface area contributed by atoms with E-state index in [1.54, 1.807) is 0 Å². The third kappa shape index (κ3) is 1.07. The summed E-state index contributed by atoms with van der Waals surface area (Å²) in [7, 11) is 0. The molecule has 4 fully saturated rings. The Hall–Kier alpha value is -0.900. The largest absolute Gasteiger partial charge is 0.374 e. The summed E-state index contributed by atoms with van der Waals surface area (Å²) < 4.78 is 5.93. The van der Waals surface area contributed by atoms with Gasteiger partial charge in [0.05, 0.1) is 24.0 Å². The molecule has 7 atom stereocenters. The first kappa shape index (κ1) is 10.1. The molecule has 2 amide bonds. The molecule has 0 aromatic carbocycles. The molecule has 0 radical (unpaired) electrons. The van der Waals surface area contributed by atoms with Crippen LogP contribution in [-0.4, -0.2) is 24.0 Å². The van der Waals surface area contributed by atoms with Crippen LogP contribution in [0.4, 0.5) is 0 Å². The van der Waals surface area contributed by atoms with Crippen molar-refractivity contribution >= 4 is 11.8 Å². The molecule has 2 aliphatic heterocycles. The van der Waals surface area contributed by atoms with Crippen molar-refractivity contribution in [3.8, 4) is 0 Å². The molecule has 4 nitrogen and oxygen atoms in total. The highest BCUT2D eigenvalue weighted by molar-refractivity contribution is 6.05. The van der Waals surface area contributed by atoms with E-state index in [2.05, 4.69) is 12.2 Å². The van der Waals surface area contributed by atoms with Crippen molar-refractivity contribution in [1.29, 1.82) is 0 Å². The van der Waals surface area contributed by atoms with Gasteiger partial charge in [-0.25, -0.2) is 0 Å². The number of amides is 2. The number of imide groups is 1. The van der Waals surface area contributed by atoms with E-state index < -0.39 is 0 Å². The molecule has 0 aromatic rings. The third-order valence-corrected chi connectivity index (χ3v) is 5.45. The van der Waals surface area contributed by atoms with Crippen LogP contribution in [0.15, 0.2) is 0 Å². The maximum atomic E-state index is 12.0. The second kappa shape index (κ2) is 3.10. The lowest BCUT2D eigenvalue weighted by molar-refractivity contribution is -0.270. The van der Waals surface area contributed by atoms with E-state index in [4.69, 9.17) is 4.74 Å². The topological polar surface area (TPSA) is 55.4 Å². The van der Waals surface area contributed by atoms with Crippen molar-refractivity contribution in [1.82, 2.24) is 5.32 Å². The molecule has 92 valence electrons. The first-order chi connectivity index (χ1) is 8.18. The van der Waals surface area contributed by atoms with Crippen molar-refractivity contribution in [3.63, 3.8) is 0 Å². The van der Waals surface area contributed by atoms with Gasteiger partial charge in [-0.2, -0.15) is 0 Å². The number of nitrogens with one attached hydrogen (secondary N) is 1. The fourth-order valence-corrected chi connectivity index (χ4v) is 4.77. The molecule has 4 aliphatic rings. The summed E-state index contributed by atoms with van der Waals surface area (Å²) in [6, 6.07) is 0. The smallest absolute Gasteiger partial charge is 0.230 e. The van der Waals surface area contributed by atoms with Crippen LogP contribution in [0.1, 0.15) is 26.2 Å². The lowest BCUT2D eigenvalue weighted by atomic mass is 9.54. The number of carbonyl (C=O) groups is 2. The van der Waals surface area contributed by atoms with Gasteiger partial charge in [-0.15, -0.1) is 0 Å². The Morgan fingerprint density at radius 1 is 1.18 bits per heavy atom. The Labute approximate surface area is 100 Å². The van der Waals surface area contributed by atoms with Gasteiger partial charge in [-0.3, -0.25) is 14.9 Å². The molecule has 2 saturated heterocycles. The highest BCUT2D eigenvalue weighted by Crippen LogP contribution is 2.57. The first-order valence-corrected chi connectivity index (χ1v) is 6.68. The van der Waals surface area contributed by atoms with E-state index in [9.17, 15) is 9.59 Å². The fraction of sp³-hybridized carbons (Fsp3) is 0.846. The van der Waals surface area contributed by atoms with Crippen LogP contribution in [-0.2, 0) is 14.3 Å². The Kier molecular flexibility index (Phi) is 1.84. The second-order valence-electron chi connectivity index (χ2n) is 6.08. The second-order valence-corrected chi connectivity index (χ2v) is 6.08. The zero-order chi connectivity index (χ0) is 11.7. The van der Waals surface area contributed by atoms with Crippen LogP contribution in [0.3, 0.4) is 0 Å². The van der Waals surface area contributed by atoms with Crippen LogP contribution in [0.25, 0.3) is 0 Å². The molecular weight excluding hydrogens is 218 g/mol. The lowest BCUT2D eigenvalue weighted by Crippen LogP contribution is -2.64. The van der Waals surface area contributed by atoms with Crippen LogP contribution < -0.4 is 5.32 Å². The maximum absolute atomic E-state index is 12.0. The lowest BCUT2D eigenvalue weighted by Gasteiger charge is -2.59. The van der Waals surface area contributed by atoms with Crippen LogP contribution in [0, 0.1) is 29.6 Å². The van der Waals surface area contributed by atoms with Crippen LogP contribution >= 0.6 is 0 Å². The summed E-state index contributed by atoms with van der Waals surface area (Å²) >= 11 is 0. The molecule has 17 heavy (non-hydrogen) atoms. The Balaban J connectivity index is 1.75. The summed E-state index contributed by atoms with van der Waals surface area (Å²) in [5.74, 6) is 0.837. The minimum Gasteiger partial charge on any atom is -0.374 e. The third-order valence-electron chi connectivity index (χ3n) is 5.45. The minimum atomic E-state index is -0.132. The van der Waals surface area contributed by atoms with Gasteiger partial charge < -0.3 is 4.74 Å². The Bertz CT molecular complexity index is 407. The van der Waals surface area contributed by atoms with E-state index >= 15 is 0 Å². The quantitative estimate of drug-likeness (QED) is 0.629. The maximum Gasteiger partial charge on any atom is 0.230 e. The van der Waals surface area contributed by atoms with Gasteiger partial charge in [0, 0.05) is 5.92 Å². The van der Waals surface area contributed by atoms with Gasteiger partial charge in [0.15, 0.2) is 0 Å². The molecule has 2 heterocycles. The van der Waals surface area contributed by atoms with Crippen LogP contribution in [0.5, 0.6) is 0 Å². The molecule has 2 saturated carbocycles. The van der Waals surface area contributed by atoms with Gasteiger partial charge in [0.1, 0.15) is 0 Å². The zero-order valence-corrected chi connectivity index (χ0v) is 9.89. The van der Waals surface area contributed by atoms with Crippen molar-refractivity contribution < 1.29 is 14.3 Å². The molecular formula is C13H17NO3. The van der Waals surface area contributed by atoms with E-state index in [-0.39, 0.29) is 35.7 Å². The number of hydrogen-bond acceptors (Lipinski definition) is 3. The number of rotatable bonds is 0.